The molecule has 1 aliphatic rings. The first-order chi connectivity index (χ1) is 7.88. The second-order valence-electron chi connectivity index (χ2n) is 4.29. The van der Waals surface area contributed by atoms with Crippen LogP contribution in [0.4, 0.5) is 0 Å². The van der Waals surface area contributed by atoms with E-state index in [4.69, 9.17) is 10.5 Å². The van der Waals surface area contributed by atoms with E-state index in [-0.39, 0.29) is 18.5 Å². The van der Waals surface area contributed by atoms with E-state index in [1.165, 1.54) is 16.3 Å². The van der Waals surface area contributed by atoms with Crippen molar-refractivity contribution in [3.63, 3.8) is 0 Å². The van der Waals surface area contributed by atoms with Crippen molar-refractivity contribution in [2.24, 2.45) is 5.73 Å². The molecule has 2 nitrogen and oxygen atoms in total. The number of ether oxygens (including phenoxy) is 1. The van der Waals surface area contributed by atoms with Crippen molar-refractivity contribution in [1.82, 2.24) is 0 Å². The fraction of sp³-hybridized carbons (Fsp3) is 0.286. The summed E-state index contributed by atoms with van der Waals surface area (Å²) >= 11 is 0. The summed E-state index contributed by atoms with van der Waals surface area (Å²) in [5, 5.41) is 2.44. The molecule has 0 spiro atoms. The molecule has 90 valence electrons. The predicted octanol–water partition coefficient (Wildman–Crippen LogP) is 2.91. The Balaban J connectivity index is 0.00000108. The Labute approximate surface area is 107 Å². The number of nitrogens with two attached hydrogens (primary N) is 1. The van der Waals surface area contributed by atoms with Crippen LogP contribution in [0.25, 0.3) is 10.8 Å². The lowest BCUT2D eigenvalue weighted by molar-refractivity contribution is 0.184. The monoisotopic (exact) mass is 249 g/mol. The molecule has 17 heavy (non-hydrogen) atoms. The molecular formula is C14H16ClNO. The topological polar surface area (TPSA) is 35.2 Å². The molecule has 2 aromatic rings. The Hall–Kier alpha value is -1.25. The van der Waals surface area contributed by atoms with Crippen molar-refractivity contribution in [3.8, 4) is 5.75 Å². The average Bonchev–Trinajstić information content (AvgIpc) is 2.38. The van der Waals surface area contributed by atoms with Crippen LogP contribution >= 0.6 is 12.4 Å². The van der Waals surface area contributed by atoms with Crippen LogP contribution in [-0.4, -0.2) is 12.6 Å². The van der Waals surface area contributed by atoms with Crippen molar-refractivity contribution in [1.29, 1.82) is 0 Å². The highest BCUT2D eigenvalue weighted by molar-refractivity contribution is 5.89. The number of hydrogen-bond acceptors (Lipinski definition) is 2. The Bertz CT molecular complexity index is 527. The molecule has 0 bridgehead atoms. The summed E-state index contributed by atoms with van der Waals surface area (Å²) < 4.78 is 5.97. The molecule has 0 fully saturated rings. The largest absolute Gasteiger partial charge is 0.488 e. The van der Waals surface area contributed by atoms with Gasteiger partial charge in [-0.2, -0.15) is 0 Å². The maximum atomic E-state index is 5.97. The summed E-state index contributed by atoms with van der Waals surface area (Å²) in [6.07, 6.45) is 2.28. The van der Waals surface area contributed by atoms with Crippen LogP contribution in [-0.2, 0) is 6.42 Å². The molecule has 1 heterocycles. The van der Waals surface area contributed by atoms with E-state index < -0.39 is 0 Å². The summed E-state index contributed by atoms with van der Waals surface area (Å²) in [6.45, 7) is 0.600. The van der Waals surface area contributed by atoms with Gasteiger partial charge in [0.1, 0.15) is 11.9 Å². The molecule has 1 aliphatic heterocycles. The van der Waals surface area contributed by atoms with Gasteiger partial charge in [0.15, 0.2) is 0 Å². The normalized spacial score (nSPS) is 18.1. The fourth-order valence-electron chi connectivity index (χ4n) is 2.33. The van der Waals surface area contributed by atoms with Gasteiger partial charge in [0.05, 0.1) is 0 Å². The molecule has 3 heteroatoms. The second kappa shape index (κ2) is 4.94. The summed E-state index contributed by atoms with van der Waals surface area (Å²) in [4.78, 5) is 0. The average molecular weight is 250 g/mol. The third-order valence-corrected chi connectivity index (χ3v) is 3.24. The Morgan fingerprint density at radius 2 is 2.00 bits per heavy atom. The SMILES string of the molecule is Cl.NCC1CCc2ccc3ccccc3c2O1. The highest BCUT2D eigenvalue weighted by atomic mass is 35.5. The van der Waals surface area contributed by atoms with E-state index in [0.717, 1.165) is 18.6 Å². The van der Waals surface area contributed by atoms with Crippen LogP contribution in [0.2, 0.25) is 0 Å². The predicted molar refractivity (Wildman–Crippen MR) is 73.0 cm³/mol. The zero-order valence-corrected chi connectivity index (χ0v) is 10.4. The molecule has 0 saturated heterocycles. The van der Waals surface area contributed by atoms with Crippen molar-refractivity contribution in [2.75, 3.05) is 6.54 Å². The molecule has 1 unspecified atom stereocenters. The number of benzene rings is 2. The van der Waals surface area contributed by atoms with Gasteiger partial charge in [-0.1, -0.05) is 36.4 Å². The lowest BCUT2D eigenvalue weighted by Crippen LogP contribution is -2.30. The second-order valence-corrected chi connectivity index (χ2v) is 4.29. The molecule has 0 radical (unpaired) electrons. The molecule has 0 aliphatic carbocycles. The van der Waals surface area contributed by atoms with Crippen LogP contribution in [0.1, 0.15) is 12.0 Å². The van der Waals surface area contributed by atoms with Crippen molar-refractivity contribution in [2.45, 2.75) is 18.9 Å². The van der Waals surface area contributed by atoms with Gasteiger partial charge >= 0.3 is 0 Å². The fourth-order valence-corrected chi connectivity index (χ4v) is 2.33. The van der Waals surface area contributed by atoms with Gasteiger partial charge in [-0.05, 0) is 23.8 Å². The minimum atomic E-state index is 0. The zero-order chi connectivity index (χ0) is 11.0. The molecule has 0 aromatic heterocycles. The summed E-state index contributed by atoms with van der Waals surface area (Å²) in [7, 11) is 0. The van der Waals surface area contributed by atoms with Crippen LogP contribution in [0.5, 0.6) is 5.75 Å². The smallest absolute Gasteiger partial charge is 0.130 e. The summed E-state index contributed by atoms with van der Waals surface area (Å²) in [6, 6.07) is 12.7. The first-order valence-corrected chi connectivity index (χ1v) is 5.76. The quantitative estimate of drug-likeness (QED) is 0.844. The number of fused-ring (bicyclic) bond motifs is 3. The van der Waals surface area contributed by atoms with Crippen LogP contribution < -0.4 is 10.5 Å². The third-order valence-electron chi connectivity index (χ3n) is 3.24. The maximum absolute atomic E-state index is 5.97. The van der Waals surface area contributed by atoms with Gasteiger partial charge < -0.3 is 10.5 Å². The standard InChI is InChI=1S/C14H15NO.ClH/c15-9-12-8-7-11-6-5-10-3-1-2-4-13(10)14(11)16-12;/h1-6,12H,7-9,15H2;1H. The minimum absolute atomic E-state index is 0. The number of hydrogen-bond donors (Lipinski definition) is 1. The van der Waals surface area contributed by atoms with E-state index in [1.54, 1.807) is 0 Å². The third kappa shape index (κ3) is 2.11. The van der Waals surface area contributed by atoms with E-state index >= 15 is 0 Å². The first-order valence-electron chi connectivity index (χ1n) is 5.76. The summed E-state index contributed by atoms with van der Waals surface area (Å²) in [5.41, 5.74) is 6.99. The summed E-state index contributed by atoms with van der Waals surface area (Å²) in [5.74, 6) is 1.04. The van der Waals surface area contributed by atoms with Gasteiger partial charge in [-0.15, -0.1) is 12.4 Å². The zero-order valence-electron chi connectivity index (χ0n) is 9.56. The van der Waals surface area contributed by atoms with Crippen LogP contribution in [0, 0.1) is 0 Å². The molecule has 0 amide bonds. The number of rotatable bonds is 1. The number of aryl methyl sites for hydroxylation is 1. The highest BCUT2D eigenvalue weighted by Crippen LogP contribution is 2.34. The lowest BCUT2D eigenvalue weighted by atomic mass is 9.98. The van der Waals surface area contributed by atoms with Crippen molar-refractivity contribution >= 4 is 23.2 Å². The van der Waals surface area contributed by atoms with E-state index in [0.29, 0.717) is 6.54 Å². The van der Waals surface area contributed by atoms with Gasteiger partial charge in [0.2, 0.25) is 0 Å². The molecule has 0 saturated carbocycles. The highest BCUT2D eigenvalue weighted by Gasteiger charge is 2.20. The van der Waals surface area contributed by atoms with Gasteiger partial charge in [-0.3, -0.25) is 0 Å². The van der Waals surface area contributed by atoms with E-state index in [2.05, 4.69) is 36.4 Å². The minimum Gasteiger partial charge on any atom is -0.488 e. The van der Waals surface area contributed by atoms with Gasteiger partial charge in [-0.25, -0.2) is 0 Å². The molecule has 2 aromatic carbocycles. The Kier molecular flexibility index (Phi) is 3.55. The Morgan fingerprint density at radius 1 is 1.18 bits per heavy atom. The first kappa shape index (κ1) is 12.2. The van der Waals surface area contributed by atoms with Crippen LogP contribution in [0.3, 0.4) is 0 Å². The van der Waals surface area contributed by atoms with Gasteiger partial charge in [0, 0.05) is 11.9 Å². The van der Waals surface area contributed by atoms with Crippen molar-refractivity contribution in [3.05, 3.63) is 42.0 Å². The molecule has 2 N–H and O–H groups in total. The van der Waals surface area contributed by atoms with Crippen LogP contribution in [0.15, 0.2) is 36.4 Å². The lowest BCUT2D eigenvalue weighted by Gasteiger charge is -2.26. The molecule has 3 rings (SSSR count). The Morgan fingerprint density at radius 3 is 2.82 bits per heavy atom. The maximum Gasteiger partial charge on any atom is 0.130 e. The molecule has 1 atom stereocenters. The van der Waals surface area contributed by atoms with Gasteiger partial charge in [0.25, 0.3) is 0 Å². The number of halogens is 1. The van der Waals surface area contributed by atoms with Crippen molar-refractivity contribution < 1.29 is 4.74 Å². The molecular weight excluding hydrogens is 234 g/mol. The van der Waals surface area contributed by atoms with E-state index in [9.17, 15) is 0 Å². The van der Waals surface area contributed by atoms with E-state index in [1.807, 2.05) is 0 Å².